The van der Waals surface area contributed by atoms with E-state index in [4.69, 9.17) is 0 Å². The summed E-state index contributed by atoms with van der Waals surface area (Å²) in [7, 11) is 0. The second-order valence-corrected chi connectivity index (χ2v) is 2.57. The minimum Gasteiger partial charge on any atom is -0.295 e. The van der Waals surface area contributed by atoms with Gasteiger partial charge in [-0.25, -0.2) is 0 Å². The molecule has 0 aromatic carbocycles. The molecule has 1 aromatic heterocycles. The standard InChI is InChI=1S/C9H12N2O/c1-3-11-7-9(6-10-11)5-4-8(2)12/h4-7H,3H2,1-2H3/b5-4+. The van der Waals surface area contributed by atoms with Gasteiger partial charge in [0.05, 0.1) is 6.20 Å². The van der Waals surface area contributed by atoms with Crippen molar-refractivity contribution in [1.29, 1.82) is 0 Å². The molecule has 0 radical (unpaired) electrons. The zero-order chi connectivity index (χ0) is 8.97. The summed E-state index contributed by atoms with van der Waals surface area (Å²) in [4.78, 5) is 10.6. The third-order valence-corrected chi connectivity index (χ3v) is 1.49. The first-order chi connectivity index (χ1) is 5.72. The zero-order valence-electron chi connectivity index (χ0n) is 7.32. The molecule has 0 atom stereocenters. The number of carbonyl (C=O) groups excluding carboxylic acids is 1. The van der Waals surface area contributed by atoms with Crippen molar-refractivity contribution in [2.75, 3.05) is 0 Å². The van der Waals surface area contributed by atoms with Crippen molar-refractivity contribution in [3.8, 4) is 0 Å². The van der Waals surface area contributed by atoms with Crippen molar-refractivity contribution >= 4 is 11.9 Å². The second kappa shape index (κ2) is 3.85. The minimum atomic E-state index is 0.0549. The van der Waals surface area contributed by atoms with E-state index < -0.39 is 0 Å². The van der Waals surface area contributed by atoms with Crippen LogP contribution in [0, 0.1) is 0 Å². The van der Waals surface area contributed by atoms with E-state index in [0.717, 1.165) is 12.1 Å². The lowest BCUT2D eigenvalue weighted by atomic mass is 10.3. The topological polar surface area (TPSA) is 34.9 Å². The molecule has 0 amide bonds. The van der Waals surface area contributed by atoms with E-state index in [2.05, 4.69) is 5.10 Å². The molecule has 1 heterocycles. The van der Waals surface area contributed by atoms with E-state index in [1.165, 1.54) is 13.0 Å². The van der Waals surface area contributed by atoms with Gasteiger partial charge in [0.25, 0.3) is 0 Å². The van der Waals surface area contributed by atoms with Crippen LogP contribution in [-0.4, -0.2) is 15.6 Å². The Morgan fingerprint density at radius 2 is 2.50 bits per heavy atom. The summed E-state index contributed by atoms with van der Waals surface area (Å²) < 4.78 is 1.82. The molecule has 0 aliphatic rings. The molecule has 0 N–H and O–H groups in total. The van der Waals surface area contributed by atoms with Crippen molar-refractivity contribution < 1.29 is 4.79 Å². The van der Waals surface area contributed by atoms with Gasteiger partial charge in [-0.3, -0.25) is 9.48 Å². The maximum atomic E-state index is 10.6. The Bertz CT molecular complexity index is 299. The molecule has 3 heteroatoms. The quantitative estimate of drug-likeness (QED) is 0.634. The Labute approximate surface area is 71.7 Å². The fourth-order valence-electron chi connectivity index (χ4n) is 0.852. The number of aromatic nitrogens is 2. The Morgan fingerprint density at radius 1 is 1.75 bits per heavy atom. The van der Waals surface area contributed by atoms with Gasteiger partial charge in [-0.1, -0.05) is 0 Å². The van der Waals surface area contributed by atoms with E-state index in [9.17, 15) is 4.79 Å². The Balaban J connectivity index is 2.70. The van der Waals surface area contributed by atoms with E-state index in [1.807, 2.05) is 17.8 Å². The van der Waals surface area contributed by atoms with Crippen LogP contribution in [0.15, 0.2) is 18.5 Å². The van der Waals surface area contributed by atoms with E-state index in [1.54, 1.807) is 12.3 Å². The first-order valence-corrected chi connectivity index (χ1v) is 3.93. The lowest BCUT2D eigenvalue weighted by molar-refractivity contribution is -0.112. The average Bonchev–Trinajstić information content (AvgIpc) is 2.48. The number of hydrogen-bond donors (Lipinski definition) is 0. The summed E-state index contributed by atoms with van der Waals surface area (Å²) in [6.07, 6.45) is 6.95. The molecule has 0 fully saturated rings. The maximum absolute atomic E-state index is 10.6. The average molecular weight is 164 g/mol. The third-order valence-electron chi connectivity index (χ3n) is 1.49. The van der Waals surface area contributed by atoms with Gasteiger partial charge >= 0.3 is 0 Å². The molecule has 0 bridgehead atoms. The first kappa shape index (κ1) is 8.71. The van der Waals surface area contributed by atoms with Crippen LogP contribution >= 0.6 is 0 Å². The molecule has 12 heavy (non-hydrogen) atoms. The van der Waals surface area contributed by atoms with Crippen molar-refractivity contribution in [3.63, 3.8) is 0 Å². The summed E-state index contributed by atoms with van der Waals surface area (Å²) in [6, 6.07) is 0. The lowest BCUT2D eigenvalue weighted by Crippen LogP contribution is -1.91. The van der Waals surface area contributed by atoms with Crippen LogP contribution in [0.4, 0.5) is 0 Å². The second-order valence-electron chi connectivity index (χ2n) is 2.57. The highest BCUT2D eigenvalue weighted by atomic mass is 16.1. The summed E-state index contributed by atoms with van der Waals surface area (Å²) in [5.41, 5.74) is 0.965. The van der Waals surface area contributed by atoms with Gasteiger partial charge in [-0.2, -0.15) is 5.10 Å². The van der Waals surface area contributed by atoms with Gasteiger partial charge in [0, 0.05) is 18.3 Å². The molecule has 0 unspecified atom stereocenters. The minimum absolute atomic E-state index is 0.0549. The molecule has 0 saturated heterocycles. The fourth-order valence-corrected chi connectivity index (χ4v) is 0.852. The van der Waals surface area contributed by atoms with Crippen LogP contribution in [0.5, 0.6) is 0 Å². The monoisotopic (exact) mass is 164 g/mol. The predicted octanol–water partition coefficient (Wildman–Crippen LogP) is 1.51. The number of carbonyl (C=O) groups is 1. The smallest absolute Gasteiger partial charge is 0.152 e. The Kier molecular flexibility index (Phi) is 2.80. The maximum Gasteiger partial charge on any atom is 0.152 e. The fraction of sp³-hybridized carbons (Fsp3) is 0.333. The van der Waals surface area contributed by atoms with Crippen LogP contribution in [0.1, 0.15) is 19.4 Å². The Hall–Kier alpha value is -1.38. The first-order valence-electron chi connectivity index (χ1n) is 3.93. The van der Waals surface area contributed by atoms with Crippen molar-refractivity contribution in [3.05, 3.63) is 24.0 Å². The highest BCUT2D eigenvalue weighted by Crippen LogP contribution is 1.99. The number of rotatable bonds is 3. The van der Waals surface area contributed by atoms with E-state index in [0.29, 0.717) is 0 Å². The summed E-state index contributed by atoms with van der Waals surface area (Å²) in [5, 5.41) is 4.07. The largest absolute Gasteiger partial charge is 0.295 e. The molecule has 1 rings (SSSR count). The van der Waals surface area contributed by atoms with Gasteiger partial charge in [0.15, 0.2) is 5.78 Å². The Morgan fingerprint density at radius 3 is 3.00 bits per heavy atom. The number of ketones is 1. The van der Waals surface area contributed by atoms with Crippen LogP contribution in [0.2, 0.25) is 0 Å². The third kappa shape index (κ3) is 2.34. The number of aryl methyl sites for hydroxylation is 1. The molecule has 0 saturated carbocycles. The van der Waals surface area contributed by atoms with Crippen molar-refractivity contribution in [1.82, 2.24) is 9.78 Å². The van der Waals surface area contributed by atoms with Gasteiger partial charge in [-0.05, 0) is 26.0 Å². The van der Waals surface area contributed by atoms with Gasteiger partial charge in [0.2, 0.25) is 0 Å². The molecule has 0 aliphatic heterocycles. The summed E-state index contributed by atoms with van der Waals surface area (Å²) in [6.45, 7) is 4.40. The highest BCUT2D eigenvalue weighted by molar-refractivity contribution is 5.91. The predicted molar refractivity (Wildman–Crippen MR) is 47.6 cm³/mol. The molecular weight excluding hydrogens is 152 g/mol. The SMILES string of the molecule is CCn1cc(/C=C/C(C)=O)cn1. The molecular formula is C9H12N2O. The molecule has 3 nitrogen and oxygen atoms in total. The lowest BCUT2D eigenvalue weighted by Gasteiger charge is -1.89. The van der Waals surface area contributed by atoms with Gasteiger partial charge < -0.3 is 0 Å². The zero-order valence-corrected chi connectivity index (χ0v) is 7.32. The molecule has 1 aromatic rings. The van der Waals surface area contributed by atoms with E-state index >= 15 is 0 Å². The van der Waals surface area contributed by atoms with Crippen LogP contribution in [0.25, 0.3) is 6.08 Å². The number of nitrogens with zero attached hydrogens (tertiary/aromatic N) is 2. The normalized spacial score (nSPS) is 10.8. The van der Waals surface area contributed by atoms with Gasteiger partial charge in [0.1, 0.15) is 0 Å². The summed E-state index contributed by atoms with van der Waals surface area (Å²) in [5.74, 6) is 0.0549. The molecule has 64 valence electrons. The summed E-state index contributed by atoms with van der Waals surface area (Å²) >= 11 is 0. The molecule has 0 aliphatic carbocycles. The van der Waals surface area contributed by atoms with Crippen molar-refractivity contribution in [2.24, 2.45) is 0 Å². The van der Waals surface area contributed by atoms with Crippen LogP contribution in [-0.2, 0) is 11.3 Å². The number of allylic oxidation sites excluding steroid dienone is 1. The molecule has 0 spiro atoms. The van der Waals surface area contributed by atoms with Crippen molar-refractivity contribution in [2.45, 2.75) is 20.4 Å². The highest BCUT2D eigenvalue weighted by Gasteiger charge is 1.91. The van der Waals surface area contributed by atoms with Gasteiger partial charge in [-0.15, -0.1) is 0 Å². The van der Waals surface area contributed by atoms with E-state index in [-0.39, 0.29) is 5.78 Å². The number of hydrogen-bond acceptors (Lipinski definition) is 2. The van der Waals surface area contributed by atoms with Crippen LogP contribution < -0.4 is 0 Å². The van der Waals surface area contributed by atoms with Crippen LogP contribution in [0.3, 0.4) is 0 Å².